The number of carbonyl (C=O) groups excluding carboxylic acids is 1. The summed E-state index contributed by atoms with van der Waals surface area (Å²) in [5.74, 6) is -1.29. The highest BCUT2D eigenvalue weighted by atomic mass is 19.1. The Morgan fingerprint density at radius 3 is 2.60 bits per heavy atom. The number of carbonyl (C=O) groups is 1. The van der Waals surface area contributed by atoms with E-state index < -0.39 is 23.3 Å². The van der Waals surface area contributed by atoms with Crippen molar-refractivity contribution in [3.8, 4) is 0 Å². The first-order valence-electron chi connectivity index (χ1n) is 6.42. The van der Waals surface area contributed by atoms with Crippen LogP contribution >= 0.6 is 0 Å². The van der Waals surface area contributed by atoms with Crippen LogP contribution in [0, 0.1) is 17.6 Å². The van der Waals surface area contributed by atoms with Crippen LogP contribution in [0.15, 0.2) is 18.2 Å². The molecule has 1 unspecified atom stereocenters. The maximum absolute atomic E-state index is 13.3. The summed E-state index contributed by atoms with van der Waals surface area (Å²) in [6.07, 6.45) is 0.526. The normalized spacial score (nSPS) is 13.9. The van der Waals surface area contributed by atoms with E-state index in [9.17, 15) is 18.7 Å². The summed E-state index contributed by atoms with van der Waals surface area (Å²) in [7, 11) is 0. The van der Waals surface area contributed by atoms with Crippen molar-refractivity contribution in [3.05, 3.63) is 29.8 Å². The number of hydrogen-bond acceptors (Lipinski definition) is 2. The molecule has 1 aromatic rings. The first kappa shape index (κ1) is 16.4. The summed E-state index contributed by atoms with van der Waals surface area (Å²) in [6, 6.07) is 2.22. The van der Waals surface area contributed by atoms with Gasteiger partial charge in [-0.15, -0.1) is 0 Å². The number of hydrogen-bond donors (Lipinski definition) is 3. The minimum absolute atomic E-state index is 0.0415. The van der Waals surface area contributed by atoms with Gasteiger partial charge in [0.2, 0.25) is 0 Å². The third kappa shape index (κ3) is 5.52. The Bertz CT molecular complexity index is 476. The van der Waals surface area contributed by atoms with E-state index >= 15 is 0 Å². The van der Waals surface area contributed by atoms with Crippen molar-refractivity contribution in [3.63, 3.8) is 0 Å². The predicted octanol–water partition coefficient (Wildman–Crippen LogP) is 2.88. The van der Waals surface area contributed by atoms with Crippen molar-refractivity contribution >= 4 is 11.7 Å². The lowest BCUT2D eigenvalue weighted by atomic mass is 9.94. The summed E-state index contributed by atoms with van der Waals surface area (Å²) in [5, 5.41) is 14.7. The Morgan fingerprint density at radius 1 is 1.40 bits per heavy atom. The molecule has 1 atom stereocenters. The SMILES string of the molecule is CC(C)CC(C)(O)CNC(=O)Nc1ccc(F)cc1F. The number of benzene rings is 1. The Kier molecular flexibility index (Phi) is 5.44. The predicted molar refractivity (Wildman–Crippen MR) is 73.5 cm³/mol. The van der Waals surface area contributed by atoms with E-state index in [2.05, 4.69) is 10.6 Å². The van der Waals surface area contributed by atoms with Gasteiger partial charge >= 0.3 is 6.03 Å². The van der Waals surface area contributed by atoms with Gasteiger partial charge < -0.3 is 15.7 Å². The fourth-order valence-electron chi connectivity index (χ4n) is 1.98. The Hall–Kier alpha value is -1.69. The summed E-state index contributed by atoms with van der Waals surface area (Å²) >= 11 is 0. The first-order valence-corrected chi connectivity index (χ1v) is 6.42. The topological polar surface area (TPSA) is 61.4 Å². The molecule has 0 heterocycles. The standard InChI is InChI=1S/C14H20F2N2O2/c1-9(2)7-14(3,20)8-17-13(19)18-12-5-4-10(15)6-11(12)16/h4-6,9,20H,7-8H2,1-3H3,(H2,17,18,19). The van der Waals surface area contributed by atoms with Gasteiger partial charge in [-0.2, -0.15) is 0 Å². The van der Waals surface area contributed by atoms with E-state index in [1.807, 2.05) is 13.8 Å². The van der Waals surface area contributed by atoms with Crippen LogP contribution in [0.2, 0.25) is 0 Å². The fourth-order valence-corrected chi connectivity index (χ4v) is 1.98. The lowest BCUT2D eigenvalue weighted by molar-refractivity contribution is 0.0413. The van der Waals surface area contributed by atoms with E-state index in [0.29, 0.717) is 12.5 Å². The van der Waals surface area contributed by atoms with E-state index in [-0.39, 0.29) is 18.2 Å². The largest absolute Gasteiger partial charge is 0.388 e. The van der Waals surface area contributed by atoms with Crippen molar-refractivity contribution < 1.29 is 18.7 Å². The van der Waals surface area contributed by atoms with Gasteiger partial charge in [-0.05, 0) is 31.4 Å². The molecule has 3 N–H and O–H groups in total. The van der Waals surface area contributed by atoms with Gasteiger partial charge in [0, 0.05) is 12.6 Å². The molecule has 0 saturated heterocycles. The van der Waals surface area contributed by atoms with Crippen molar-refractivity contribution in [2.45, 2.75) is 32.8 Å². The molecule has 0 aromatic heterocycles. The molecule has 0 fully saturated rings. The highest BCUT2D eigenvalue weighted by Crippen LogP contribution is 2.16. The van der Waals surface area contributed by atoms with Gasteiger partial charge in [-0.25, -0.2) is 13.6 Å². The van der Waals surface area contributed by atoms with E-state index in [1.54, 1.807) is 6.92 Å². The zero-order valence-corrected chi connectivity index (χ0v) is 11.8. The summed E-state index contributed by atoms with van der Waals surface area (Å²) in [4.78, 5) is 11.6. The number of halogens is 2. The molecule has 0 spiro atoms. The summed E-state index contributed by atoms with van der Waals surface area (Å²) < 4.78 is 26.0. The van der Waals surface area contributed by atoms with E-state index in [4.69, 9.17) is 0 Å². The van der Waals surface area contributed by atoms with Gasteiger partial charge in [0.05, 0.1) is 11.3 Å². The number of anilines is 1. The maximum atomic E-state index is 13.3. The van der Waals surface area contributed by atoms with Gasteiger partial charge in [-0.1, -0.05) is 13.8 Å². The third-order valence-corrected chi connectivity index (χ3v) is 2.66. The van der Waals surface area contributed by atoms with Crippen LogP contribution in [-0.2, 0) is 0 Å². The molecule has 6 heteroatoms. The molecule has 0 radical (unpaired) electrons. The van der Waals surface area contributed by atoms with Gasteiger partial charge in [-0.3, -0.25) is 0 Å². The molecule has 1 rings (SSSR count). The third-order valence-electron chi connectivity index (χ3n) is 2.66. The second-order valence-corrected chi connectivity index (χ2v) is 5.53. The fraction of sp³-hybridized carbons (Fsp3) is 0.500. The zero-order chi connectivity index (χ0) is 15.3. The van der Waals surface area contributed by atoms with Crippen LogP contribution in [-0.4, -0.2) is 23.3 Å². The molecule has 0 bridgehead atoms. The molecule has 2 amide bonds. The first-order chi connectivity index (χ1) is 9.19. The van der Waals surface area contributed by atoms with Crippen molar-refractivity contribution in [2.24, 2.45) is 5.92 Å². The molecular weight excluding hydrogens is 266 g/mol. The minimum Gasteiger partial charge on any atom is -0.388 e. The number of nitrogens with one attached hydrogen (secondary N) is 2. The molecule has 112 valence electrons. The Morgan fingerprint density at radius 2 is 2.05 bits per heavy atom. The molecular formula is C14H20F2N2O2. The number of amides is 2. The Labute approximate surface area is 117 Å². The van der Waals surface area contributed by atoms with Crippen LogP contribution in [0.25, 0.3) is 0 Å². The van der Waals surface area contributed by atoms with Crippen molar-refractivity contribution in [1.82, 2.24) is 5.32 Å². The molecule has 0 aliphatic carbocycles. The van der Waals surface area contributed by atoms with Crippen molar-refractivity contribution in [2.75, 3.05) is 11.9 Å². The number of rotatable bonds is 5. The van der Waals surface area contributed by atoms with Crippen LogP contribution in [0.4, 0.5) is 19.3 Å². The zero-order valence-electron chi connectivity index (χ0n) is 11.8. The van der Waals surface area contributed by atoms with Crippen LogP contribution in [0.1, 0.15) is 27.2 Å². The van der Waals surface area contributed by atoms with Crippen LogP contribution in [0.5, 0.6) is 0 Å². The second-order valence-electron chi connectivity index (χ2n) is 5.53. The summed E-state index contributed by atoms with van der Waals surface area (Å²) in [5.41, 5.74) is -1.15. The smallest absolute Gasteiger partial charge is 0.319 e. The molecule has 1 aromatic carbocycles. The van der Waals surface area contributed by atoms with E-state index in [1.165, 1.54) is 0 Å². The van der Waals surface area contributed by atoms with Gasteiger partial charge in [0.1, 0.15) is 11.6 Å². The monoisotopic (exact) mass is 286 g/mol. The molecule has 0 aliphatic rings. The maximum Gasteiger partial charge on any atom is 0.319 e. The lowest BCUT2D eigenvalue weighted by Crippen LogP contribution is -2.43. The summed E-state index contributed by atoms with van der Waals surface area (Å²) in [6.45, 7) is 5.58. The van der Waals surface area contributed by atoms with Gasteiger partial charge in [0.25, 0.3) is 0 Å². The molecule has 0 saturated carbocycles. The highest BCUT2D eigenvalue weighted by Gasteiger charge is 2.22. The molecule has 0 aliphatic heterocycles. The quantitative estimate of drug-likeness (QED) is 0.779. The van der Waals surface area contributed by atoms with Crippen LogP contribution < -0.4 is 10.6 Å². The number of aliphatic hydroxyl groups is 1. The molecule has 20 heavy (non-hydrogen) atoms. The molecule has 4 nitrogen and oxygen atoms in total. The minimum atomic E-state index is -1.03. The van der Waals surface area contributed by atoms with Crippen molar-refractivity contribution in [1.29, 1.82) is 0 Å². The van der Waals surface area contributed by atoms with E-state index in [0.717, 1.165) is 12.1 Å². The lowest BCUT2D eigenvalue weighted by Gasteiger charge is -2.25. The van der Waals surface area contributed by atoms with Gasteiger partial charge in [0.15, 0.2) is 0 Å². The number of urea groups is 1. The Balaban J connectivity index is 2.52. The van der Waals surface area contributed by atoms with Crippen LogP contribution in [0.3, 0.4) is 0 Å². The average Bonchev–Trinajstić information content (AvgIpc) is 2.29. The highest BCUT2D eigenvalue weighted by molar-refractivity contribution is 5.89. The second kappa shape index (κ2) is 6.65. The average molecular weight is 286 g/mol.